The Labute approximate surface area is 134 Å². The highest BCUT2D eigenvalue weighted by Crippen LogP contribution is 2.14. The first kappa shape index (κ1) is 16.5. The Bertz CT molecular complexity index is 678. The molecule has 6 nitrogen and oxygen atoms in total. The van der Waals surface area contributed by atoms with Gasteiger partial charge in [0.25, 0.3) is 0 Å². The van der Waals surface area contributed by atoms with Gasteiger partial charge < -0.3 is 15.0 Å². The Morgan fingerprint density at radius 2 is 2.09 bits per heavy atom. The molecule has 0 saturated heterocycles. The summed E-state index contributed by atoms with van der Waals surface area (Å²) < 4.78 is 0. The van der Waals surface area contributed by atoms with E-state index in [1.54, 1.807) is 6.20 Å². The van der Waals surface area contributed by atoms with Crippen molar-refractivity contribution < 1.29 is 14.7 Å². The number of carbonyl (C=O) groups is 2. The molecule has 6 heteroatoms. The molecule has 0 saturated carbocycles. The summed E-state index contributed by atoms with van der Waals surface area (Å²) in [4.78, 5) is 31.9. The maximum absolute atomic E-state index is 12.2. The third-order valence-corrected chi connectivity index (χ3v) is 3.56. The summed E-state index contributed by atoms with van der Waals surface area (Å²) in [6.45, 7) is 5.64. The number of rotatable bonds is 7. The highest BCUT2D eigenvalue weighted by molar-refractivity contribution is 5.90. The number of amides is 1. The number of aliphatic carboxylic acids is 1. The van der Waals surface area contributed by atoms with E-state index in [1.165, 1.54) is 11.2 Å². The van der Waals surface area contributed by atoms with Gasteiger partial charge in [0.1, 0.15) is 6.04 Å². The fourth-order valence-corrected chi connectivity index (χ4v) is 2.28. The van der Waals surface area contributed by atoms with Crippen molar-refractivity contribution >= 4 is 11.9 Å². The first-order valence-corrected chi connectivity index (χ1v) is 7.20. The monoisotopic (exact) mass is 313 g/mol. The topological polar surface area (TPSA) is 86.3 Å². The molecule has 0 unspecified atom stereocenters. The Morgan fingerprint density at radius 1 is 1.39 bits per heavy atom. The summed E-state index contributed by atoms with van der Waals surface area (Å²) in [6, 6.07) is 6.62. The minimum Gasteiger partial charge on any atom is -0.480 e. The van der Waals surface area contributed by atoms with E-state index in [0.717, 1.165) is 17.2 Å². The molecule has 1 aromatic heterocycles. The molecule has 1 atom stereocenters. The fourth-order valence-electron chi connectivity index (χ4n) is 2.28. The number of imidazole rings is 1. The summed E-state index contributed by atoms with van der Waals surface area (Å²) >= 11 is 0. The van der Waals surface area contributed by atoms with Gasteiger partial charge in [0.05, 0.1) is 6.33 Å². The maximum atomic E-state index is 12.2. The van der Waals surface area contributed by atoms with Gasteiger partial charge in [0.15, 0.2) is 0 Å². The number of H-pyrrole nitrogens is 1. The van der Waals surface area contributed by atoms with E-state index in [2.05, 4.69) is 16.5 Å². The van der Waals surface area contributed by atoms with E-state index in [4.69, 9.17) is 0 Å². The fraction of sp³-hybridized carbons (Fsp3) is 0.235. The molecule has 0 radical (unpaired) electrons. The van der Waals surface area contributed by atoms with E-state index >= 15 is 0 Å². The van der Waals surface area contributed by atoms with E-state index in [-0.39, 0.29) is 13.0 Å². The molecular formula is C17H19N3O3. The molecular weight excluding hydrogens is 294 g/mol. The van der Waals surface area contributed by atoms with Crippen LogP contribution in [-0.2, 0) is 22.6 Å². The maximum Gasteiger partial charge on any atom is 0.326 e. The van der Waals surface area contributed by atoms with Crippen LogP contribution in [-0.4, -0.2) is 37.9 Å². The van der Waals surface area contributed by atoms with Gasteiger partial charge in [-0.3, -0.25) is 4.79 Å². The second-order valence-electron chi connectivity index (χ2n) is 5.29. The molecule has 1 amide bonds. The molecule has 120 valence electrons. The first-order valence-electron chi connectivity index (χ1n) is 7.20. The highest BCUT2D eigenvalue weighted by atomic mass is 16.4. The Morgan fingerprint density at radius 3 is 2.61 bits per heavy atom. The summed E-state index contributed by atoms with van der Waals surface area (Å²) in [6.07, 6.45) is 4.32. The van der Waals surface area contributed by atoms with Gasteiger partial charge in [0.2, 0.25) is 5.91 Å². The molecule has 2 rings (SSSR count). The van der Waals surface area contributed by atoms with Crippen molar-refractivity contribution in [3.63, 3.8) is 0 Å². The lowest BCUT2D eigenvalue weighted by atomic mass is 10.1. The van der Waals surface area contributed by atoms with Gasteiger partial charge in [-0.25, -0.2) is 9.78 Å². The van der Waals surface area contributed by atoms with Crippen molar-refractivity contribution in [2.45, 2.75) is 25.9 Å². The molecule has 0 spiro atoms. The number of benzene rings is 1. The Kier molecular flexibility index (Phi) is 5.30. The minimum absolute atomic E-state index is 0.154. The number of hydrogen-bond acceptors (Lipinski definition) is 3. The van der Waals surface area contributed by atoms with Gasteiger partial charge in [-0.2, -0.15) is 0 Å². The lowest BCUT2D eigenvalue weighted by molar-refractivity contribution is -0.149. The third kappa shape index (κ3) is 4.29. The molecule has 0 aliphatic heterocycles. The number of carbonyl (C=O) groups excluding carboxylic acids is 1. The molecule has 2 N–H and O–H groups in total. The number of nitrogens with zero attached hydrogens (tertiary/aromatic N) is 2. The van der Waals surface area contributed by atoms with Gasteiger partial charge in [-0.15, -0.1) is 0 Å². The van der Waals surface area contributed by atoms with Crippen LogP contribution < -0.4 is 0 Å². The zero-order valence-electron chi connectivity index (χ0n) is 12.9. The van der Waals surface area contributed by atoms with E-state index in [9.17, 15) is 14.7 Å². The van der Waals surface area contributed by atoms with E-state index < -0.39 is 17.9 Å². The van der Waals surface area contributed by atoms with Crippen LogP contribution in [0.5, 0.6) is 0 Å². The van der Waals surface area contributed by atoms with Crippen molar-refractivity contribution in [1.82, 2.24) is 14.9 Å². The molecule has 0 aliphatic carbocycles. The molecule has 0 fully saturated rings. The zero-order valence-corrected chi connectivity index (χ0v) is 12.9. The number of aromatic nitrogens is 2. The summed E-state index contributed by atoms with van der Waals surface area (Å²) in [5.41, 5.74) is 2.62. The number of aromatic amines is 1. The molecule has 0 aliphatic rings. The molecule has 1 heterocycles. The van der Waals surface area contributed by atoms with Crippen LogP contribution >= 0.6 is 0 Å². The lowest BCUT2D eigenvalue weighted by Gasteiger charge is -2.28. The predicted molar refractivity (Wildman–Crippen MR) is 85.6 cm³/mol. The van der Waals surface area contributed by atoms with Crippen molar-refractivity contribution in [3.05, 3.63) is 66.3 Å². The van der Waals surface area contributed by atoms with Crippen molar-refractivity contribution in [3.8, 4) is 0 Å². The van der Waals surface area contributed by atoms with Crippen molar-refractivity contribution in [2.75, 3.05) is 0 Å². The van der Waals surface area contributed by atoms with Crippen molar-refractivity contribution in [2.24, 2.45) is 0 Å². The summed E-state index contributed by atoms with van der Waals surface area (Å²) in [5.74, 6) is -1.49. The largest absolute Gasteiger partial charge is 0.480 e. The number of carboxylic acids is 1. The second kappa shape index (κ2) is 7.40. The van der Waals surface area contributed by atoms with Crippen molar-refractivity contribution in [1.29, 1.82) is 0 Å². The van der Waals surface area contributed by atoms with Gasteiger partial charge in [0, 0.05) is 24.9 Å². The second-order valence-corrected chi connectivity index (χ2v) is 5.29. The van der Waals surface area contributed by atoms with Gasteiger partial charge >= 0.3 is 5.97 Å². The number of aryl methyl sites for hydroxylation is 1. The van der Waals surface area contributed by atoms with Crippen LogP contribution in [0.2, 0.25) is 0 Å². The minimum atomic E-state index is -1.07. The SMILES string of the molecule is C=CC(=O)N(Cc1ccc(C)cc1)[C@@H](Cc1cnc[nH]1)C(=O)O. The first-order chi connectivity index (χ1) is 11.0. The van der Waals surface area contributed by atoms with Gasteiger partial charge in [-0.05, 0) is 18.6 Å². The van der Waals surface area contributed by atoms with Crippen LogP contribution in [0.4, 0.5) is 0 Å². The summed E-state index contributed by atoms with van der Waals surface area (Å²) in [5, 5.41) is 9.55. The molecule has 23 heavy (non-hydrogen) atoms. The number of carboxylic acid groups (broad SMARTS) is 1. The lowest BCUT2D eigenvalue weighted by Crippen LogP contribution is -2.45. The highest BCUT2D eigenvalue weighted by Gasteiger charge is 2.29. The summed E-state index contributed by atoms with van der Waals surface area (Å²) in [7, 11) is 0. The van der Waals surface area contributed by atoms with Crippen LogP contribution in [0.25, 0.3) is 0 Å². The van der Waals surface area contributed by atoms with E-state index in [1.807, 2.05) is 31.2 Å². The number of nitrogens with one attached hydrogen (secondary N) is 1. The average Bonchev–Trinajstić information content (AvgIpc) is 3.04. The van der Waals surface area contributed by atoms with Crippen LogP contribution in [0.1, 0.15) is 16.8 Å². The number of hydrogen-bond donors (Lipinski definition) is 2. The van der Waals surface area contributed by atoms with Crippen LogP contribution in [0, 0.1) is 6.92 Å². The standard InChI is InChI=1S/C17H19N3O3/c1-3-16(21)20(10-13-6-4-12(2)5-7-13)15(17(22)23)8-14-9-18-11-19-14/h3-7,9,11,15H,1,8,10H2,2H3,(H,18,19)(H,22,23)/t15-/m0/s1. The zero-order chi connectivity index (χ0) is 16.8. The van der Waals surface area contributed by atoms with Crippen LogP contribution in [0.15, 0.2) is 49.4 Å². The Balaban J connectivity index is 2.26. The third-order valence-electron chi connectivity index (χ3n) is 3.56. The predicted octanol–water partition coefficient (Wildman–Crippen LogP) is 1.93. The van der Waals surface area contributed by atoms with Crippen LogP contribution in [0.3, 0.4) is 0 Å². The van der Waals surface area contributed by atoms with Gasteiger partial charge in [-0.1, -0.05) is 36.4 Å². The molecule has 0 bridgehead atoms. The Hall–Kier alpha value is -2.89. The molecule has 2 aromatic rings. The average molecular weight is 313 g/mol. The molecule has 1 aromatic carbocycles. The smallest absolute Gasteiger partial charge is 0.326 e. The van der Waals surface area contributed by atoms with E-state index in [0.29, 0.717) is 5.69 Å². The quantitative estimate of drug-likeness (QED) is 0.765. The normalized spacial score (nSPS) is 11.7.